The van der Waals surface area contributed by atoms with Crippen LogP contribution in [-0.2, 0) is 6.54 Å². The molecule has 0 aliphatic heterocycles. The first-order valence-corrected chi connectivity index (χ1v) is 7.26. The first-order valence-electron chi connectivity index (χ1n) is 5.40. The van der Waals surface area contributed by atoms with Gasteiger partial charge in [-0.2, -0.15) is 0 Å². The summed E-state index contributed by atoms with van der Waals surface area (Å²) < 4.78 is 3.67. The molecule has 0 fully saturated rings. The zero-order valence-electron chi connectivity index (χ0n) is 9.75. The molecule has 0 unspecified atom stereocenters. The van der Waals surface area contributed by atoms with Gasteiger partial charge in [-0.25, -0.2) is 4.68 Å². The van der Waals surface area contributed by atoms with E-state index in [0.717, 1.165) is 17.9 Å². The van der Waals surface area contributed by atoms with E-state index < -0.39 is 0 Å². The van der Waals surface area contributed by atoms with E-state index in [1.807, 2.05) is 48.9 Å². The third-order valence-corrected chi connectivity index (χ3v) is 3.94. The normalized spacial score (nSPS) is 10.8. The first-order chi connectivity index (χ1) is 8.20. The van der Waals surface area contributed by atoms with Crippen molar-refractivity contribution in [2.24, 2.45) is 0 Å². The maximum Gasteiger partial charge on any atom is 0.286 e. The lowest BCUT2D eigenvalue weighted by atomic mass is 10.3. The van der Waals surface area contributed by atoms with Crippen LogP contribution in [0.4, 0.5) is 0 Å². The molecule has 3 nitrogen and oxygen atoms in total. The minimum atomic E-state index is -0.00412. The fourth-order valence-electron chi connectivity index (χ4n) is 1.94. The summed E-state index contributed by atoms with van der Waals surface area (Å²) >= 11 is 4.15. The van der Waals surface area contributed by atoms with Gasteiger partial charge in [0, 0.05) is 6.54 Å². The van der Waals surface area contributed by atoms with Gasteiger partial charge in [-0.3, -0.25) is 9.48 Å². The van der Waals surface area contributed by atoms with Crippen molar-refractivity contribution in [3.05, 3.63) is 46.4 Å². The molecule has 5 heteroatoms. The Hall–Kier alpha value is -1.07. The molecular weight excluding hydrogens is 252 g/mol. The summed E-state index contributed by atoms with van der Waals surface area (Å²) in [6, 6.07) is 9.66. The highest BCUT2D eigenvalue weighted by atomic mass is 33.1. The van der Waals surface area contributed by atoms with Crippen molar-refractivity contribution in [2.45, 2.75) is 25.3 Å². The molecule has 2 aromatic rings. The van der Waals surface area contributed by atoms with Gasteiger partial charge in [0.15, 0.2) is 0 Å². The zero-order chi connectivity index (χ0) is 12.4. The Bertz CT molecular complexity index is 572. The molecule has 0 atom stereocenters. The van der Waals surface area contributed by atoms with Gasteiger partial charge in [0.05, 0.1) is 11.4 Å². The Balaban J connectivity index is 2.74. The third-order valence-electron chi connectivity index (χ3n) is 2.74. The highest BCUT2D eigenvalue weighted by Gasteiger charge is 2.16. The van der Waals surface area contributed by atoms with Crippen molar-refractivity contribution >= 4 is 22.5 Å². The monoisotopic (exact) mass is 266 g/mol. The Morgan fingerprint density at radius 2 is 1.94 bits per heavy atom. The van der Waals surface area contributed by atoms with Gasteiger partial charge in [0.25, 0.3) is 5.56 Å². The predicted molar refractivity (Wildman–Crippen MR) is 75.3 cm³/mol. The van der Waals surface area contributed by atoms with Crippen LogP contribution in [0.1, 0.15) is 12.6 Å². The van der Waals surface area contributed by atoms with E-state index in [9.17, 15) is 4.79 Å². The number of thiol groups is 1. The second-order valence-corrected chi connectivity index (χ2v) is 4.81. The molecular formula is C12H14N2OS2. The fourth-order valence-corrected chi connectivity index (χ4v) is 2.97. The van der Waals surface area contributed by atoms with E-state index in [1.165, 1.54) is 10.8 Å². The largest absolute Gasteiger partial charge is 0.286 e. The average molecular weight is 266 g/mol. The van der Waals surface area contributed by atoms with Crippen LogP contribution >= 0.6 is 22.5 Å². The summed E-state index contributed by atoms with van der Waals surface area (Å²) in [6.45, 7) is 4.73. The number of rotatable bonds is 3. The summed E-state index contributed by atoms with van der Waals surface area (Å²) in [6.07, 6.45) is 0. The van der Waals surface area contributed by atoms with Gasteiger partial charge < -0.3 is 0 Å². The van der Waals surface area contributed by atoms with Crippen molar-refractivity contribution in [2.75, 3.05) is 0 Å². The molecule has 0 saturated carbocycles. The van der Waals surface area contributed by atoms with Crippen molar-refractivity contribution in [1.82, 2.24) is 9.36 Å². The smallest absolute Gasteiger partial charge is 0.281 e. The maximum atomic E-state index is 12.3. The summed E-state index contributed by atoms with van der Waals surface area (Å²) in [5.41, 5.74) is 1.84. The van der Waals surface area contributed by atoms with Crippen LogP contribution in [0.3, 0.4) is 0 Å². The lowest BCUT2D eigenvalue weighted by Gasteiger charge is -2.10. The topological polar surface area (TPSA) is 26.9 Å². The number of nitrogens with zero attached hydrogens (tertiary/aromatic N) is 2. The second kappa shape index (κ2) is 5.06. The standard InChI is InChI=1S/C12H14N2OS2/c1-3-13-9(2)11(17-16)12(15)14(13)10-7-5-4-6-8-10/h4-8,16H,3H2,1-2H3. The minimum Gasteiger partial charge on any atom is -0.281 e. The molecule has 1 heterocycles. The molecule has 0 saturated heterocycles. The molecule has 0 radical (unpaired) electrons. The molecule has 0 spiro atoms. The summed E-state index contributed by atoms with van der Waals surface area (Å²) in [5, 5.41) is 0. The number of benzene rings is 1. The van der Waals surface area contributed by atoms with E-state index in [1.54, 1.807) is 4.68 Å². The van der Waals surface area contributed by atoms with Crippen LogP contribution in [0.5, 0.6) is 0 Å². The van der Waals surface area contributed by atoms with Gasteiger partial charge in [-0.05, 0) is 26.0 Å². The summed E-state index contributed by atoms with van der Waals surface area (Å²) in [7, 11) is 1.21. The number of hydrogen-bond donors (Lipinski definition) is 1. The first kappa shape index (κ1) is 12.4. The lowest BCUT2D eigenvalue weighted by molar-refractivity contribution is 0.559. The van der Waals surface area contributed by atoms with Crippen LogP contribution in [0.15, 0.2) is 40.0 Å². The van der Waals surface area contributed by atoms with E-state index in [4.69, 9.17) is 0 Å². The van der Waals surface area contributed by atoms with Crippen molar-refractivity contribution in [3.63, 3.8) is 0 Å². The van der Waals surface area contributed by atoms with Gasteiger partial charge in [0.2, 0.25) is 0 Å². The van der Waals surface area contributed by atoms with E-state index in [2.05, 4.69) is 11.7 Å². The fraction of sp³-hybridized carbons (Fsp3) is 0.250. The highest BCUT2D eigenvalue weighted by molar-refractivity contribution is 8.68. The van der Waals surface area contributed by atoms with Crippen LogP contribution in [0, 0.1) is 6.92 Å². The van der Waals surface area contributed by atoms with Crippen LogP contribution in [0.2, 0.25) is 0 Å². The Morgan fingerprint density at radius 3 is 2.47 bits per heavy atom. The maximum absolute atomic E-state index is 12.3. The highest BCUT2D eigenvalue weighted by Crippen LogP contribution is 2.23. The van der Waals surface area contributed by atoms with Crippen LogP contribution in [0.25, 0.3) is 5.69 Å². The molecule has 90 valence electrons. The SMILES string of the molecule is CCn1c(C)c(SS)c(=O)n1-c1ccccc1. The van der Waals surface area contributed by atoms with Crippen molar-refractivity contribution in [1.29, 1.82) is 0 Å². The number of hydrogen-bond acceptors (Lipinski definition) is 3. The van der Waals surface area contributed by atoms with Crippen LogP contribution < -0.4 is 5.56 Å². The molecule has 0 bridgehead atoms. The van der Waals surface area contributed by atoms with Gasteiger partial charge >= 0.3 is 0 Å². The minimum absolute atomic E-state index is 0.00412. The predicted octanol–water partition coefficient (Wildman–Crippen LogP) is 2.90. The van der Waals surface area contributed by atoms with E-state index >= 15 is 0 Å². The van der Waals surface area contributed by atoms with Gasteiger partial charge in [-0.15, -0.1) is 11.7 Å². The Morgan fingerprint density at radius 1 is 1.29 bits per heavy atom. The summed E-state index contributed by atoms with van der Waals surface area (Å²) in [4.78, 5) is 13.0. The van der Waals surface area contributed by atoms with E-state index in [0.29, 0.717) is 4.90 Å². The molecule has 0 N–H and O–H groups in total. The average Bonchev–Trinajstić information content (AvgIpc) is 2.61. The number of para-hydroxylation sites is 1. The summed E-state index contributed by atoms with van der Waals surface area (Å²) in [5.74, 6) is 0. The quantitative estimate of drug-likeness (QED) is 0.683. The Labute approximate surface area is 109 Å². The van der Waals surface area contributed by atoms with Crippen LogP contribution in [-0.4, -0.2) is 9.36 Å². The Kier molecular flexibility index (Phi) is 3.69. The van der Waals surface area contributed by atoms with E-state index in [-0.39, 0.29) is 5.56 Å². The third kappa shape index (κ3) is 2.05. The molecule has 0 amide bonds. The zero-order valence-corrected chi connectivity index (χ0v) is 11.5. The van der Waals surface area contributed by atoms with Crippen molar-refractivity contribution < 1.29 is 0 Å². The molecule has 1 aromatic heterocycles. The van der Waals surface area contributed by atoms with Gasteiger partial charge in [0.1, 0.15) is 4.90 Å². The molecule has 17 heavy (non-hydrogen) atoms. The lowest BCUT2D eigenvalue weighted by Crippen LogP contribution is -2.21. The number of aromatic nitrogens is 2. The molecule has 2 rings (SSSR count). The molecule has 0 aliphatic rings. The van der Waals surface area contributed by atoms with Crippen molar-refractivity contribution in [3.8, 4) is 5.69 Å². The molecule has 0 aliphatic carbocycles. The van der Waals surface area contributed by atoms with Gasteiger partial charge in [-0.1, -0.05) is 29.0 Å². The second-order valence-electron chi connectivity index (χ2n) is 3.67. The molecule has 1 aromatic carbocycles.